The third kappa shape index (κ3) is 3.66. The molecule has 1 atom stereocenters. The van der Waals surface area contributed by atoms with Gasteiger partial charge in [0, 0.05) is 24.2 Å². The van der Waals surface area contributed by atoms with Crippen LogP contribution >= 0.6 is 0 Å². The van der Waals surface area contributed by atoms with Gasteiger partial charge in [0.25, 0.3) is 0 Å². The summed E-state index contributed by atoms with van der Waals surface area (Å²) in [6, 6.07) is 2.67. The quantitative estimate of drug-likeness (QED) is 0.887. The number of ketones is 1. The summed E-state index contributed by atoms with van der Waals surface area (Å²) in [5, 5.41) is 4.50. The molecule has 0 aliphatic heterocycles. The fourth-order valence-corrected chi connectivity index (χ4v) is 2.67. The van der Waals surface area contributed by atoms with Crippen LogP contribution in [-0.4, -0.2) is 21.6 Å². The first-order valence-electron chi connectivity index (χ1n) is 7.42. The average molecular weight is 263 g/mol. The van der Waals surface area contributed by atoms with Gasteiger partial charge in [0.15, 0.2) is 0 Å². The Morgan fingerprint density at radius 1 is 1.47 bits per heavy atom. The number of hydrogen-bond acceptors (Lipinski definition) is 3. The van der Waals surface area contributed by atoms with E-state index in [4.69, 9.17) is 5.73 Å². The molecule has 4 heteroatoms. The highest BCUT2D eigenvalue weighted by molar-refractivity contribution is 5.82. The zero-order valence-corrected chi connectivity index (χ0v) is 12.0. The van der Waals surface area contributed by atoms with Gasteiger partial charge in [0.2, 0.25) is 0 Å². The summed E-state index contributed by atoms with van der Waals surface area (Å²) in [6.07, 6.45) is 7.38. The standard InChI is InChI=1S/C15H25N3O/c1-3-11(2)18-9-8-14(17-18)10-15(19)12-4-6-13(16)7-5-12/h8-9,11-13H,3-7,10,16H2,1-2H3. The molecule has 1 aromatic rings. The van der Waals surface area contributed by atoms with E-state index in [0.29, 0.717) is 24.3 Å². The van der Waals surface area contributed by atoms with Crippen LogP contribution in [0, 0.1) is 5.92 Å². The van der Waals surface area contributed by atoms with Crippen LogP contribution in [0.5, 0.6) is 0 Å². The molecule has 0 bridgehead atoms. The third-order valence-electron chi connectivity index (χ3n) is 4.29. The Bertz CT molecular complexity index is 419. The largest absolute Gasteiger partial charge is 0.328 e. The van der Waals surface area contributed by atoms with Gasteiger partial charge in [0.05, 0.1) is 12.1 Å². The molecular formula is C15H25N3O. The van der Waals surface area contributed by atoms with E-state index in [1.165, 1.54) is 0 Å². The summed E-state index contributed by atoms with van der Waals surface area (Å²) in [6.45, 7) is 4.28. The monoisotopic (exact) mass is 263 g/mol. The molecule has 1 saturated carbocycles. The molecule has 1 fully saturated rings. The maximum atomic E-state index is 12.2. The molecule has 1 heterocycles. The van der Waals surface area contributed by atoms with E-state index in [1.54, 1.807) is 0 Å². The molecule has 0 aromatic carbocycles. The van der Waals surface area contributed by atoms with Crippen molar-refractivity contribution in [2.45, 2.75) is 64.5 Å². The molecule has 0 radical (unpaired) electrons. The topological polar surface area (TPSA) is 60.9 Å². The van der Waals surface area contributed by atoms with Crippen LogP contribution in [0.1, 0.15) is 57.7 Å². The maximum Gasteiger partial charge on any atom is 0.141 e. The summed E-state index contributed by atoms with van der Waals surface area (Å²) < 4.78 is 1.96. The van der Waals surface area contributed by atoms with Crippen LogP contribution in [0.3, 0.4) is 0 Å². The summed E-state index contributed by atoms with van der Waals surface area (Å²) in [7, 11) is 0. The number of Topliss-reactive ketones (excluding diaryl/α,β-unsaturated/α-hetero) is 1. The fraction of sp³-hybridized carbons (Fsp3) is 0.733. The zero-order chi connectivity index (χ0) is 13.8. The van der Waals surface area contributed by atoms with Crippen LogP contribution in [0.2, 0.25) is 0 Å². The average Bonchev–Trinajstić information content (AvgIpc) is 2.87. The lowest BCUT2D eigenvalue weighted by atomic mass is 9.83. The first-order valence-corrected chi connectivity index (χ1v) is 7.42. The van der Waals surface area contributed by atoms with Gasteiger partial charge in [-0.1, -0.05) is 6.92 Å². The number of carbonyl (C=O) groups excluding carboxylic acids is 1. The molecule has 4 nitrogen and oxygen atoms in total. The van der Waals surface area contributed by atoms with Crippen molar-refractivity contribution >= 4 is 5.78 Å². The minimum absolute atomic E-state index is 0.202. The van der Waals surface area contributed by atoms with Crippen LogP contribution in [-0.2, 0) is 11.2 Å². The summed E-state index contributed by atoms with van der Waals surface area (Å²) in [5.74, 6) is 0.537. The molecule has 2 N–H and O–H groups in total. The van der Waals surface area contributed by atoms with Gasteiger partial charge in [-0.25, -0.2) is 0 Å². The van der Waals surface area contributed by atoms with Crippen molar-refractivity contribution in [3.05, 3.63) is 18.0 Å². The fourth-order valence-electron chi connectivity index (χ4n) is 2.67. The van der Waals surface area contributed by atoms with Gasteiger partial charge in [-0.2, -0.15) is 5.10 Å². The molecule has 0 saturated heterocycles. The molecule has 1 aliphatic carbocycles. The van der Waals surface area contributed by atoms with E-state index in [2.05, 4.69) is 18.9 Å². The van der Waals surface area contributed by atoms with Gasteiger partial charge in [-0.3, -0.25) is 9.48 Å². The minimum atomic E-state index is 0.202. The summed E-state index contributed by atoms with van der Waals surface area (Å²) in [4.78, 5) is 12.2. The molecule has 1 aliphatic rings. The van der Waals surface area contributed by atoms with E-state index in [1.807, 2.05) is 16.9 Å². The Labute approximate surface area is 115 Å². The number of nitrogens with zero attached hydrogens (tertiary/aromatic N) is 2. The van der Waals surface area contributed by atoms with Crippen molar-refractivity contribution in [2.75, 3.05) is 0 Å². The lowest BCUT2D eigenvalue weighted by molar-refractivity contribution is -0.123. The molecule has 0 amide bonds. The Morgan fingerprint density at radius 3 is 2.79 bits per heavy atom. The lowest BCUT2D eigenvalue weighted by Crippen LogP contribution is -2.30. The van der Waals surface area contributed by atoms with E-state index < -0.39 is 0 Å². The van der Waals surface area contributed by atoms with Crippen molar-refractivity contribution in [2.24, 2.45) is 11.7 Å². The van der Waals surface area contributed by atoms with Crippen molar-refractivity contribution < 1.29 is 4.79 Å². The van der Waals surface area contributed by atoms with E-state index in [-0.39, 0.29) is 5.92 Å². The Balaban J connectivity index is 1.90. The number of hydrogen-bond donors (Lipinski definition) is 1. The van der Waals surface area contributed by atoms with Gasteiger partial charge in [-0.15, -0.1) is 0 Å². The lowest BCUT2D eigenvalue weighted by Gasteiger charge is -2.24. The smallest absolute Gasteiger partial charge is 0.141 e. The molecular weight excluding hydrogens is 238 g/mol. The first-order chi connectivity index (χ1) is 9.10. The van der Waals surface area contributed by atoms with Crippen LogP contribution in [0.25, 0.3) is 0 Å². The first kappa shape index (κ1) is 14.3. The van der Waals surface area contributed by atoms with Crippen LogP contribution < -0.4 is 5.73 Å². The highest BCUT2D eigenvalue weighted by Crippen LogP contribution is 2.25. The molecule has 0 spiro atoms. The van der Waals surface area contributed by atoms with Crippen molar-refractivity contribution in [3.63, 3.8) is 0 Å². The minimum Gasteiger partial charge on any atom is -0.328 e. The maximum absolute atomic E-state index is 12.2. The number of nitrogens with two attached hydrogens (primary N) is 1. The highest BCUT2D eigenvalue weighted by atomic mass is 16.1. The summed E-state index contributed by atoms with van der Waals surface area (Å²) in [5.41, 5.74) is 6.78. The highest BCUT2D eigenvalue weighted by Gasteiger charge is 2.24. The second kappa shape index (κ2) is 6.33. The SMILES string of the molecule is CCC(C)n1ccc(CC(=O)C2CCC(N)CC2)n1. The Kier molecular flexibility index (Phi) is 4.75. The van der Waals surface area contributed by atoms with Gasteiger partial charge >= 0.3 is 0 Å². The molecule has 106 valence electrons. The van der Waals surface area contributed by atoms with Gasteiger partial charge < -0.3 is 5.73 Å². The third-order valence-corrected chi connectivity index (χ3v) is 4.29. The van der Waals surface area contributed by atoms with Crippen LogP contribution in [0.4, 0.5) is 0 Å². The number of rotatable bonds is 5. The zero-order valence-electron chi connectivity index (χ0n) is 12.0. The predicted octanol–water partition coefficient (Wildman–Crippen LogP) is 2.48. The van der Waals surface area contributed by atoms with Gasteiger partial charge in [-0.05, 0) is 45.1 Å². The Morgan fingerprint density at radius 2 is 2.16 bits per heavy atom. The van der Waals surface area contributed by atoms with Crippen LogP contribution in [0.15, 0.2) is 12.3 Å². The van der Waals surface area contributed by atoms with E-state index >= 15 is 0 Å². The Hall–Kier alpha value is -1.16. The molecule has 1 aromatic heterocycles. The van der Waals surface area contributed by atoms with E-state index in [9.17, 15) is 4.79 Å². The second-order valence-corrected chi connectivity index (χ2v) is 5.80. The normalized spacial score (nSPS) is 25.2. The van der Waals surface area contributed by atoms with Gasteiger partial charge in [0.1, 0.15) is 5.78 Å². The summed E-state index contributed by atoms with van der Waals surface area (Å²) >= 11 is 0. The van der Waals surface area contributed by atoms with E-state index in [0.717, 1.165) is 37.8 Å². The second-order valence-electron chi connectivity index (χ2n) is 5.80. The molecule has 2 rings (SSSR count). The molecule has 19 heavy (non-hydrogen) atoms. The number of carbonyl (C=O) groups is 1. The molecule has 1 unspecified atom stereocenters. The van der Waals surface area contributed by atoms with Crippen molar-refractivity contribution in [1.29, 1.82) is 0 Å². The number of aromatic nitrogens is 2. The van der Waals surface area contributed by atoms with Crippen molar-refractivity contribution in [3.8, 4) is 0 Å². The predicted molar refractivity (Wildman–Crippen MR) is 75.9 cm³/mol. The van der Waals surface area contributed by atoms with Crippen molar-refractivity contribution in [1.82, 2.24) is 9.78 Å².